The van der Waals surface area contributed by atoms with Crippen molar-refractivity contribution in [3.05, 3.63) is 48.3 Å². The quantitative estimate of drug-likeness (QED) is 0.204. The molecule has 1 amide bonds. The van der Waals surface area contributed by atoms with Gasteiger partial charge in [0.25, 0.3) is 0 Å². The highest BCUT2D eigenvalue weighted by Crippen LogP contribution is 2.41. The first-order valence-electron chi connectivity index (χ1n) is 17.6. The van der Waals surface area contributed by atoms with Crippen molar-refractivity contribution in [1.29, 1.82) is 0 Å². The summed E-state index contributed by atoms with van der Waals surface area (Å²) >= 11 is 0. The molecule has 1 aromatic rings. The van der Waals surface area contributed by atoms with Crippen molar-refractivity contribution in [2.45, 2.75) is 142 Å². The lowest BCUT2D eigenvalue weighted by molar-refractivity contribution is -0.106. The van der Waals surface area contributed by atoms with Gasteiger partial charge in [-0.2, -0.15) is 0 Å². The van der Waals surface area contributed by atoms with E-state index < -0.39 is 0 Å². The average molecular weight is 578 g/mol. The third-order valence-corrected chi connectivity index (χ3v) is 10.7. The second-order valence-electron chi connectivity index (χ2n) is 13.8. The van der Waals surface area contributed by atoms with E-state index in [0.29, 0.717) is 17.8 Å². The Morgan fingerprint density at radius 1 is 0.667 bits per heavy atom. The van der Waals surface area contributed by atoms with Gasteiger partial charge < -0.3 is 16.4 Å². The highest BCUT2D eigenvalue weighted by molar-refractivity contribution is 5.63. The van der Waals surface area contributed by atoms with E-state index in [1.165, 1.54) is 144 Å². The average Bonchev–Trinajstić information content (AvgIpc) is 2.99. The van der Waals surface area contributed by atoms with Gasteiger partial charge in [-0.05, 0) is 136 Å². The van der Waals surface area contributed by atoms with E-state index >= 15 is 0 Å². The van der Waals surface area contributed by atoms with Gasteiger partial charge in [0, 0.05) is 22.8 Å². The number of amides is 1. The predicted molar refractivity (Wildman–Crippen MR) is 183 cm³/mol. The number of nitrogens with one attached hydrogen (secondary N) is 2. The molecule has 0 atom stereocenters. The molecule has 0 saturated heterocycles. The van der Waals surface area contributed by atoms with Crippen molar-refractivity contribution in [3.8, 4) is 0 Å². The van der Waals surface area contributed by atoms with Gasteiger partial charge in [-0.25, -0.2) is 0 Å². The number of carbonyl (C=O) groups is 1. The molecule has 0 unspecified atom stereocenters. The SMILES string of the molecule is C=C(Nc1cc(NC(=C)C2CCC(CCC)CC2)cc(C2CCC(CCC)CC2)c1)C1CCC(CCC)CC1.NC=O. The first kappa shape index (κ1) is 34.3. The van der Waals surface area contributed by atoms with E-state index in [1.54, 1.807) is 0 Å². The van der Waals surface area contributed by atoms with Crippen molar-refractivity contribution in [2.75, 3.05) is 10.6 Å². The monoisotopic (exact) mass is 577 g/mol. The summed E-state index contributed by atoms with van der Waals surface area (Å²) in [5.41, 5.74) is 10.6. The minimum absolute atomic E-state index is 0.250. The largest absolute Gasteiger partial charge is 0.372 e. The van der Waals surface area contributed by atoms with E-state index in [-0.39, 0.29) is 6.41 Å². The molecule has 4 heteroatoms. The van der Waals surface area contributed by atoms with Crippen LogP contribution in [-0.4, -0.2) is 6.41 Å². The van der Waals surface area contributed by atoms with E-state index in [9.17, 15) is 0 Å². The predicted octanol–water partition coefficient (Wildman–Crippen LogP) is 10.9. The van der Waals surface area contributed by atoms with Crippen molar-refractivity contribution < 1.29 is 4.79 Å². The summed E-state index contributed by atoms with van der Waals surface area (Å²) in [6, 6.07) is 7.22. The molecule has 1 aromatic carbocycles. The van der Waals surface area contributed by atoms with Gasteiger partial charge in [0.1, 0.15) is 0 Å². The molecular formula is C38H63N3O. The molecule has 0 radical (unpaired) electrons. The minimum Gasteiger partial charge on any atom is -0.372 e. The number of hydrogen-bond acceptors (Lipinski definition) is 3. The molecule has 0 aliphatic heterocycles. The fraction of sp³-hybridized carbons (Fsp3) is 0.711. The maximum absolute atomic E-state index is 8.58. The van der Waals surface area contributed by atoms with Crippen LogP contribution in [0.5, 0.6) is 0 Å². The second-order valence-corrected chi connectivity index (χ2v) is 13.8. The summed E-state index contributed by atoms with van der Waals surface area (Å²) in [7, 11) is 0. The Hall–Kier alpha value is -2.23. The third kappa shape index (κ3) is 10.8. The minimum atomic E-state index is 0.250. The molecular weight excluding hydrogens is 514 g/mol. The number of rotatable bonds is 13. The molecule has 42 heavy (non-hydrogen) atoms. The lowest BCUT2D eigenvalue weighted by atomic mass is 9.77. The van der Waals surface area contributed by atoms with Gasteiger partial charge in [-0.15, -0.1) is 0 Å². The fourth-order valence-corrected chi connectivity index (χ4v) is 8.21. The van der Waals surface area contributed by atoms with Gasteiger partial charge in [-0.1, -0.05) is 72.5 Å². The second kappa shape index (κ2) is 18.4. The van der Waals surface area contributed by atoms with Gasteiger partial charge in [-0.3, -0.25) is 4.79 Å². The lowest BCUT2D eigenvalue weighted by Gasteiger charge is -2.32. The Balaban J connectivity index is 0.00000155. The van der Waals surface area contributed by atoms with Crippen LogP contribution in [0.2, 0.25) is 0 Å². The Kier molecular flexibility index (Phi) is 15.0. The fourth-order valence-electron chi connectivity index (χ4n) is 8.21. The molecule has 0 spiro atoms. The highest BCUT2D eigenvalue weighted by Gasteiger charge is 2.26. The van der Waals surface area contributed by atoms with Crippen LogP contribution < -0.4 is 16.4 Å². The zero-order valence-corrected chi connectivity index (χ0v) is 27.4. The summed E-state index contributed by atoms with van der Waals surface area (Å²) in [5, 5.41) is 7.63. The lowest BCUT2D eigenvalue weighted by Crippen LogP contribution is -2.20. The van der Waals surface area contributed by atoms with Gasteiger partial charge in [0.2, 0.25) is 6.41 Å². The number of nitrogens with two attached hydrogens (primary N) is 1. The van der Waals surface area contributed by atoms with Crippen LogP contribution in [0, 0.1) is 29.6 Å². The number of primary amides is 1. The molecule has 0 bridgehead atoms. The normalized spacial score (nSPS) is 27.7. The Morgan fingerprint density at radius 3 is 1.33 bits per heavy atom. The molecule has 3 aliphatic rings. The maximum Gasteiger partial charge on any atom is 0.204 e. The summed E-state index contributed by atoms with van der Waals surface area (Å²) in [5.74, 6) is 4.70. The standard InChI is InChI=1S/C37H60N2.CH3NO/c1-6-9-29-12-18-32(19-13-29)27(4)38-36-24-35(34-22-16-31(11-8-3)17-23-34)25-37(26-36)39-28(5)33-20-14-30(10-7-2)15-21-33;2-1-3/h24-26,29-34,38-39H,4-23H2,1-3H3;1H,(H2,2,3). The van der Waals surface area contributed by atoms with Crippen molar-refractivity contribution >= 4 is 17.8 Å². The van der Waals surface area contributed by atoms with E-state index in [1.807, 2.05) is 0 Å². The summed E-state index contributed by atoms with van der Waals surface area (Å²) in [4.78, 5) is 8.58. The third-order valence-electron chi connectivity index (χ3n) is 10.7. The van der Waals surface area contributed by atoms with Gasteiger partial charge in [0.05, 0.1) is 0 Å². The van der Waals surface area contributed by atoms with Crippen LogP contribution in [0.4, 0.5) is 11.4 Å². The van der Waals surface area contributed by atoms with Crippen LogP contribution >= 0.6 is 0 Å². The summed E-state index contributed by atoms with van der Waals surface area (Å²) in [6.45, 7) is 16.1. The van der Waals surface area contributed by atoms with Gasteiger partial charge >= 0.3 is 0 Å². The van der Waals surface area contributed by atoms with E-state index in [0.717, 1.165) is 17.8 Å². The van der Waals surface area contributed by atoms with E-state index in [2.05, 4.69) is 68.5 Å². The number of anilines is 2. The number of carbonyl (C=O) groups excluding carboxylic acids is 1. The first-order chi connectivity index (χ1) is 20.4. The van der Waals surface area contributed by atoms with Crippen LogP contribution in [0.1, 0.15) is 148 Å². The molecule has 236 valence electrons. The number of benzene rings is 1. The number of hydrogen-bond donors (Lipinski definition) is 3. The zero-order valence-electron chi connectivity index (χ0n) is 27.4. The maximum atomic E-state index is 8.58. The zero-order chi connectivity index (χ0) is 30.3. The molecule has 0 aromatic heterocycles. The van der Waals surface area contributed by atoms with Crippen LogP contribution in [0.3, 0.4) is 0 Å². The molecule has 4 N–H and O–H groups in total. The molecule has 3 fully saturated rings. The Bertz CT molecular complexity index is 889. The topological polar surface area (TPSA) is 67.2 Å². The summed E-state index contributed by atoms with van der Waals surface area (Å²) in [6.07, 6.45) is 24.5. The van der Waals surface area contributed by atoms with Crippen molar-refractivity contribution in [1.82, 2.24) is 0 Å². The van der Waals surface area contributed by atoms with Crippen molar-refractivity contribution in [2.24, 2.45) is 35.3 Å². The molecule has 3 aliphatic carbocycles. The highest BCUT2D eigenvalue weighted by atomic mass is 16.1. The molecule has 4 nitrogen and oxygen atoms in total. The Labute approximate surface area is 258 Å². The van der Waals surface area contributed by atoms with Crippen LogP contribution in [0.15, 0.2) is 42.8 Å². The van der Waals surface area contributed by atoms with E-state index in [4.69, 9.17) is 4.79 Å². The first-order valence-corrected chi connectivity index (χ1v) is 17.6. The molecule has 3 saturated carbocycles. The number of allylic oxidation sites excluding steroid dienone is 2. The van der Waals surface area contributed by atoms with Crippen LogP contribution in [-0.2, 0) is 4.79 Å². The van der Waals surface area contributed by atoms with Crippen molar-refractivity contribution in [3.63, 3.8) is 0 Å². The van der Waals surface area contributed by atoms with Crippen LogP contribution in [0.25, 0.3) is 0 Å². The molecule has 0 heterocycles. The van der Waals surface area contributed by atoms with Gasteiger partial charge in [0.15, 0.2) is 0 Å². The molecule has 4 rings (SSSR count). The Morgan fingerprint density at radius 2 is 1.00 bits per heavy atom. The smallest absolute Gasteiger partial charge is 0.204 e. The summed E-state index contributed by atoms with van der Waals surface area (Å²) < 4.78 is 0.